The average Bonchev–Trinajstić information content (AvgIpc) is 3.03. The van der Waals surface area contributed by atoms with Crippen molar-refractivity contribution in [2.75, 3.05) is 11.9 Å². The van der Waals surface area contributed by atoms with Crippen molar-refractivity contribution in [3.63, 3.8) is 0 Å². The van der Waals surface area contributed by atoms with E-state index in [0.29, 0.717) is 0 Å². The number of halogens is 1. The minimum atomic E-state index is -0.353. The van der Waals surface area contributed by atoms with Crippen molar-refractivity contribution < 1.29 is 0 Å². The zero-order chi connectivity index (χ0) is 17.4. The summed E-state index contributed by atoms with van der Waals surface area (Å²) in [7, 11) is 0. The molecule has 6 heteroatoms. The maximum Gasteiger partial charge on any atom is 0.345 e. The van der Waals surface area contributed by atoms with Gasteiger partial charge < -0.3 is 10.3 Å². The molecular formula is C19H17ClN4O. The summed E-state index contributed by atoms with van der Waals surface area (Å²) in [6, 6.07) is 11.8. The minimum Gasteiger partial charge on any atom is -0.369 e. The third-order valence-electron chi connectivity index (χ3n) is 4.94. The van der Waals surface area contributed by atoms with Gasteiger partial charge in [-0.3, -0.25) is 0 Å². The number of nitrogens with one attached hydrogen (secondary N) is 2. The van der Waals surface area contributed by atoms with E-state index in [2.05, 4.69) is 39.3 Å². The number of aromatic nitrogens is 3. The molecule has 1 aromatic carbocycles. The largest absolute Gasteiger partial charge is 0.369 e. The molecule has 25 heavy (non-hydrogen) atoms. The van der Waals surface area contributed by atoms with Gasteiger partial charge in [-0.1, -0.05) is 36.7 Å². The molecule has 3 aromatic rings. The summed E-state index contributed by atoms with van der Waals surface area (Å²) in [6.07, 6.45) is 4.12. The van der Waals surface area contributed by atoms with E-state index in [9.17, 15) is 4.79 Å². The van der Waals surface area contributed by atoms with E-state index < -0.39 is 0 Å². The quantitative estimate of drug-likeness (QED) is 0.755. The van der Waals surface area contributed by atoms with Gasteiger partial charge in [-0.15, -0.1) is 0 Å². The fraction of sp³-hybridized carbons (Fsp3) is 0.211. The first-order chi connectivity index (χ1) is 12.1. The highest BCUT2D eigenvalue weighted by Gasteiger charge is 2.41. The molecule has 4 rings (SSSR count). The lowest BCUT2D eigenvalue weighted by molar-refractivity contribution is 0.547. The Bertz CT molecular complexity index is 1000. The van der Waals surface area contributed by atoms with E-state index >= 15 is 0 Å². The highest BCUT2D eigenvalue weighted by atomic mass is 35.5. The fourth-order valence-corrected chi connectivity index (χ4v) is 3.95. The lowest BCUT2D eigenvalue weighted by Gasteiger charge is -2.29. The summed E-state index contributed by atoms with van der Waals surface area (Å²) in [5.41, 5.74) is 3.28. The second-order valence-electron chi connectivity index (χ2n) is 6.18. The van der Waals surface area contributed by atoms with Gasteiger partial charge in [0.15, 0.2) is 0 Å². The topological polar surface area (TPSA) is 70.7 Å². The Morgan fingerprint density at radius 2 is 2.04 bits per heavy atom. The third kappa shape index (κ3) is 2.51. The van der Waals surface area contributed by atoms with Gasteiger partial charge in [0.25, 0.3) is 0 Å². The van der Waals surface area contributed by atoms with Gasteiger partial charge in [0.05, 0.1) is 5.69 Å². The number of fused-ring (bicyclic) bond motifs is 1. The number of hydrogen-bond donors (Lipinski definition) is 2. The summed E-state index contributed by atoms with van der Waals surface area (Å²) in [5.74, 6) is 0.845. The van der Waals surface area contributed by atoms with Gasteiger partial charge in [0.2, 0.25) is 0 Å². The van der Waals surface area contributed by atoms with Crippen LogP contribution < -0.4 is 11.0 Å². The van der Waals surface area contributed by atoms with Crippen molar-refractivity contribution in [1.82, 2.24) is 15.0 Å². The molecule has 2 aromatic heterocycles. The zero-order valence-corrected chi connectivity index (χ0v) is 14.5. The Kier molecular flexibility index (Phi) is 3.81. The number of pyridine rings is 1. The molecule has 0 radical (unpaired) electrons. The first-order valence-electron chi connectivity index (χ1n) is 8.19. The SMILES string of the molecule is CCC1(c2cccc(-c3ccnc(=O)[nH]3)c2)CNc2nccc(Cl)c21. The number of rotatable bonds is 3. The summed E-state index contributed by atoms with van der Waals surface area (Å²) >= 11 is 6.52. The highest BCUT2D eigenvalue weighted by Crippen LogP contribution is 2.47. The van der Waals surface area contributed by atoms with E-state index in [1.165, 1.54) is 6.20 Å². The van der Waals surface area contributed by atoms with Crippen molar-refractivity contribution in [2.24, 2.45) is 0 Å². The molecule has 1 atom stereocenters. The Morgan fingerprint density at radius 3 is 2.84 bits per heavy atom. The molecule has 0 saturated heterocycles. The first kappa shape index (κ1) is 15.8. The number of anilines is 1. The van der Waals surface area contributed by atoms with Crippen LogP contribution >= 0.6 is 11.6 Å². The van der Waals surface area contributed by atoms with Crippen LogP contribution in [0.4, 0.5) is 5.82 Å². The minimum absolute atomic E-state index is 0.246. The Morgan fingerprint density at radius 1 is 1.20 bits per heavy atom. The normalized spacial score (nSPS) is 18.6. The van der Waals surface area contributed by atoms with Gasteiger partial charge >= 0.3 is 5.69 Å². The van der Waals surface area contributed by atoms with Crippen LogP contribution in [-0.2, 0) is 5.41 Å². The Labute approximate surface area is 150 Å². The molecule has 0 saturated carbocycles. The summed E-state index contributed by atoms with van der Waals surface area (Å²) < 4.78 is 0. The molecule has 2 N–H and O–H groups in total. The van der Waals surface area contributed by atoms with Crippen LogP contribution in [0.25, 0.3) is 11.3 Å². The van der Waals surface area contributed by atoms with E-state index in [-0.39, 0.29) is 11.1 Å². The fourth-order valence-electron chi connectivity index (χ4n) is 3.62. The molecule has 1 aliphatic heterocycles. The van der Waals surface area contributed by atoms with Crippen LogP contribution in [-0.4, -0.2) is 21.5 Å². The summed E-state index contributed by atoms with van der Waals surface area (Å²) in [5, 5.41) is 4.11. The average molecular weight is 353 g/mol. The molecule has 1 unspecified atom stereocenters. The predicted molar refractivity (Wildman–Crippen MR) is 99.1 cm³/mol. The maximum absolute atomic E-state index is 11.5. The van der Waals surface area contributed by atoms with Crippen molar-refractivity contribution in [2.45, 2.75) is 18.8 Å². The van der Waals surface area contributed by atoms with Gasteiger partial charge in [-0.05, 0) is 35.7 Å². The van der Waals surface area contributed by atoms with Crippen LogP contribution in [0.15, 0.2) is 53.6 Å². The second-order valence-corrected chi connectivity index (χ2v) is 6.58. The van der Waals surface area contributed by atoms with Crippen molar-refractivity contribution >= 4 is 17.4 Å². The third-order valence-corrected chi connectivity index (χ3v) is 5.26. The summed E-state index contributed by atoms with van der Waals surface area (Å²) in [6.45, 7) is 2.90. The lowest BCUT2D eigenvalue weighted by atomic mass is 9.74. The molecule has 5 nitrogen and oxygen atoms in total. The van der Waals surface area contributed by atoms with Gasteiger partial charge in [-0.25, -0.2) is 14.8 Å². The molecule has 126 valence electrons. The van der Waals surface area contributed by atoms with E-state index in [4.69, 9.17) is 11.6 Å². The maximum atomic E-state index is 11.5. The molecule has 1 aliphatic rings. The monoisotopic (exact) mass is 352 g/mol. The van der Waals surface area contributed by atoms with Gasteiger partial charge in [0.1, 0.15) is 5.82 Å². The lowest BCUT2D eigenvalue weighted by Crippen LogP contribution is -2.29. The van der Waals surface area contributed by atoms with Crippen LogP contribution in [0.1, 0.15) is 24.5 Å². The number of nitrogens with zero attached hydrogens (tertiary/aromatic N) is 2. The molecule has 0 aliphatic carbocycles. The molecule has 0 bridgehead atoms. The van der Waals surface area contributed by atoms with E-state index in [1.54, 1.807) is 12.3 Å². The van der Waals surface area contributed by atoms with Gasteiger partial charge in [0, 0.05) is 34.9 Å². The van der Waals surface area contributed by atoms with E-state index in [0.717, 1.165) is 46.2 Å². The van der Waals surface area contributed by atoms with Crippen molar-refractivity contribution in [3.05, 3.63) is 75.4 Å². The molecule has 0 spiro atoms. The molecule has 3 heterocycles. The zero-order valence-electron chi connectivity index (χ0n) is 13.7. The van der Waals surface area contributed by atoms with Crippen LogP contribution in [0.3, 0.4) is 0 Å². The number of H-pyrrole nitrogens is 1. The predicted octanol–water partition coefficient (Wildman–Crippen LogP) is 3.61. The van der Waals surface area contributed by atoms with Gasteiger partial charge in [-0.2, -0.15) is 0 Å². The highest BCUT2D eigenvalue weighted by molar-refractivity contribution is 6.32. The first-order valence-corrected chi connectivity index (χ1v) is 8.57. The number of benzene rings is 1. The smallest absolute Gasteiger partial charge is 0.345 e. The number of hydrogen-bond acceptors (Lipinski definition) is 4. The van der Waals surface area contributed by atoms with Crippen LogP contribution in [0.5, 0.6) is 0 Å². The van der Waals surface area contributed by atoms with Crippen LogP contribution in [0.2, 0.25) is 5.02 Å². The standard InChI is InChI=1S/C19H17ClN4O/c1-2-19(11-23-17-16(19)14(20)6-8-21-17)13-5-3-4-12(10-13)15-7-9-22-18(25)24-15/h3-10H,2,11H2,1H3,(H,21,23)(H,22,24,25). The van der Waals surface area contributed by atoms with Crippen molar-refractivity contribution in [3.8, 4) is 11.3 Å². The molecule has 0 amide bonds. The second kappa shape index (κ2) is 6.01. The summed E-state index contributed by atoms with van der Waals surface area (Å²) in [4.78, 5) is 22.4. The Balaban J connectivity index is 1.88. The Hall–Kier alpha value is -2.66. The van der Waals surface area contributed by atoms with Crippen molar-refractivity contribution in [1.29, 1.82) is 0 Å². The van der Waals surface area contributed by atoms with E-state index in [1.807, 2.05) is 18.2 Å². The number of aromatic amines is 1. The van der Waals surface area contributed by atoms with Crippen LogP contribution in [0, 0.1) is 0 Å². The molecule has 0 fully saturated rings. The molecular weight excluding hydrogens is 336 g/mol.